The largest absolute Gasteiger partial charge is 0.372 e. The van der Waals surface area contributed by atoms with E-state index in [2.05, 4.69) is 11.9 Å². The van der Waals surface area contributed by atoms with Gasteiger partial charge >= 0.3 is 0 Å². The average Bonchev–Trinajstić information content (AvgIpc) is 3.03. The first-order valence-electron chi connectivity index (χ1n) is 6.79. The number of carbonyl (C=O) groups excluding carboxylic acids is 2. The number of fused-ring (bicyclic) bond motifs is 1. The average molecular weight is 258 g/mol. The van der Waals surface area contributed by atoms with Gasteiger partial charge in [-0.15, -0.1) is 0 Å². The highest BCUT2D eigenvalue weighted by Crippen LogP contribution is 2.34. The van der Waals surface area contributed by atoms with Crippen LogP contribution in [0.3, 0.4) is 0 Å². The molecule has 0 bridgehead atoms. The van der Waals surface area contributed by atoms with Gasteiger partial charge in [0.05, 0.1) is 11.3 Å². The molecule has 1 fully saturated rings. The molecule has 1 amide bonds. The van der Waals surface area contributed by atoms with E-state index in [-0.39, 0.29) is 0 Å². The van der Waals surface area contributed by atoms with E-state index in [4.69, 9.17) is 0 Å². The molecule has 1 aliphatic heterocycles. The van der Waals surface area contributed by atoms with Crippen molar-refractivity contribution in [1.82, 2.24) is 0 Å². The predicted octanol–water partition coefficient (Wildman–Crippen LogP) is 2.22. The maximum atomic E-state index is 11.7. The van der Waals surface area contributed by atoms with Crippen molar-refractivity contribution in [2.75, 3.05) is 23.9 Å². The summed E-state index contributed by atoms with van der Waals surface area (Å²) >= 11 is 0. The van der Waals surface area contributed by atoms with Gasteiger partial charge in [0.25, 0.3) is 11.7 Å². The van der Waals surface area contributed by atoms with Crippen LogP contribution in [0.25, 0.3) is 0 Å². The summed E-state index contributed by atoms with van der Waals surface area (Å²) in [6.07, 6.45) is 5.02. The highest BCUT2D eigenvalue weighted by atomic mass is 16.2. The van der Waals surface area contributed by atoms with Crippen molar-refractivity contribution in [2.45, 2.75) is 31.7 Å². The van der Waals surface area contributed by atoms with Crippen LogP contribution in [-0.4, -0.2) is 31.8 Å². The molecule has 1 aromatic rings. The Morgan fingerprint density at radius 1 is 1.21 bits per heavy atom. The molecule has 1 aromatic carbocycles. The Bertz CT molecular complexity index is 547. The number of Topliss-reactive ketones (excluding diaryl/α,β-unsaturated/α-hetero) is 1. The number of rotatable bonds is 2. The van der Waals surface area contributed by atoms with Gasteiger partial charge in [-0.3, -0.25) is 9.59 Å². The minimum absolute atomic E-state index is 0.396. The molecule has 4 heteroatoms. The van der Waals surface area contributed by atoms with Crippen molar-refractivity contribution in [1.29, 1.82) is 0 Å². The molecule has 1 saturated carbocycles. The standard InChI is InChI=1S/C15H18N2O2/c1-16(10-5-3-4-6-10)11-7-8-12-13(9-11)17(2)15(19)14(12)18/h7-10H,3-6H2,1-2H3. The second-order valence-corrected chi connectivity index (χ2v) is 5.44. The SMILES string of the molecule is CN1C(=O)C(=O)c2ccc(N(C)C3CCCC3)cc21. The zero-order chi connectivity index (χ0) is 13.6. The van der Waals surface area contributed by atoms with Crippen molar-refractivity contribution in [3.05, 3.63) is 23.8 Å². The summed E-state index contributed by atoms with van der Waals surface area (Å²) in [7, 11) is 3.75. The highest BCUT2D eigenvalue weighted by molar-refractivity contribution is 6.52. The monoisotopic (exact) mass is 258 g/mol. The fourth-order valence-electron chi connectivity index (χ4n) is 3.09. The third-order valence-corrected chi connectivity index (χ3v) is 4.37. The maximum absolute atomic E-state index is 11.7. The third kappa shape index (κ3) is 1.82. The number of likely N-dealkylation sites (N-methyl/N-ethyl adjacent to an activating group) is 1. The Morgan fingerprint density at radius 2 is 1.89 bits per heavy atom. The van der Waals surface area contributed by atoms with E-state index >= 15 is 0 Å². The molecule has 0 aromatic heterocycles. The second-order valence-electron chi connectivity index (χ2n) is 5.44. The molecule has 0 unspecified atom stereocenters. The van der Waals surface area contributed by atoms with Gasteiger partial charge in [0.1, 0.15) is 0 Å². The maximum Gasteiger partial charge on any atom is 0.299 e. The summed E-state index contributed by atoms with van der Waals surface area (Å²) in [5, 5.41) is 0. The number of ketones is 1. The van der Waals surface area contributed by atoms with Crippen molar-refractivity contribution in [2.24, 2.45) is 0 Å². The van der Waals surface area contributed by atoms with Crippen LogP contribution in [0.2, 0.25) is 0 Å². The minimum atomic E-state index is -0.435. The summed E-state index contributed by atoms with van der Waals surface area (Å²) in [6, 6.07) is 6.26. The molecule has 3 rings (SSSR count). The van der Waals surface area contributed by atoms with Crippen LogP contribution < -0.4 is 9.80 Å². The Balaban J connectivity index is 1.94. The first kappa shape index (κ1) is 12.2. The molecule has 0 radical (unpaired) electrons. The zero-order valence-electron chi connectivity index (χ0n) is 11.3. The number of hydrogen-bond donors (Lipinski definition) is 0. The Kier molecular flexibility index (Phi) is 2.81. The summed E-state index contributed by atoms with van der Waals surface area (Å²) in [5.74, 6) is -0.830. The van der Waals surface area contributed by atoms with Crippen LogP contribution in [0, 0.1) is 0 Å². The summed E-state index contributed by atoms with van der Waals surface area (Å²) in [5.41, 5.74) is 2.34. The first-order chi connectivity index (χ1) is 9.09. The fraction of sp³-hybridized carbons (Fsp3) is 0.467. The lowest BCUT2D eigenvalue weighted by molar-refractivity contribution is -0.114. The van der Waals surface area contributed by atoms with Crippen molar-refractivity contribution in [3.63, 3.8) is 0 Å². The third-order valence-electron chi connectivity index (χ3n) is 4.37. The van der Waals surface area contributed by atoms with E-state index in [1.807, 2.05) is 12.1 Å². The Hall–Kier alpha value is -1.84. The van der Waals surface area contributed by atoms with Gasteiger partial charge in [-0.05, 0) is 31.0 Å². The predicted molar refractivity (Wildman–Crippen MR) is 74.8 cm³/mol. The Labute approximate surface area is 113 Å². The zero-order valence-corrected chi connectivity index (χ0v) is 11.3. The number of benzene rings is 1. The van der Waals surface area contributed by atoms with E-state index in [1.165, 1.54) is 30.6 Å². The van der Waals surface area contributed by atoms with Gasteiger partial charge in [0.2, 0.25) is 0 Å². The van der Waals surface area contributed by atoms with Gasteiger partial charge in [-0.25, -0.2) is 0 Å². The molecule has 0 saturated heterocycles. The van der Waals surface area contributed by atoms with Crippen LogP contribution >= 0.6 is 0 Å². The van der Waals surface area contributed by atoms with Gasteiger partial charge in [-0.2, -0.15) is 0 Å². The highest BCUT2D eigenvalue weighted by Gasteiger charge is 2.33. The summed E-state index contributed by atoms with van der Waals surface area (Å²) in [4.78, 5) is 27.1. The Morgan fingerprint density at radius 3 is 2.58 bits per heavy atom. The van der Waals surface area contributed by atoms with Gasteiger partial charge in [-0.1, -0.05) is 12.8 Å². The summed E-state index contributed by atoms with van der Waals surface area (Å²) < 4.78 is 0. The van der Waals surface area contributed by atoms with E-state index < -0.39 is 11.7 Å². The number of hydrogen-bond acceptors (Lipinski definition) is 3. The molecule has 100 valence electrons. The number of amides is 1. The van der Waals surface area contributed by atoms with Gasteiger partial charge in [0, 0.05) is 25.8 Å². The van der Waals surface area contributed by atoms with Crippen LogP contribution in [0.15, 0.2) is 18.2 Å². The molecular weight excluding hydrogens is 240 g/mol. The second kappa shape index (κ2) is 4.37. The number of anilines is 2. The minimum Gasteiger partial charge on any atom is -0.372 e. The van der Waals surface area contributed by atoms with Crippen LogP contribution in [-0.2, 0) is 4.79 Å². The smallest absolute Gasteiger partial charge is 0.299 e. The molecule has 0 N–H and O–H groups in total. The molecule has 1 heterocycles. The molecule has 19 heavy (non-hydrogen) atoms. The van der Waals surface area contributed by atoms with Crippen LogP contribution in [0.5, 0.6) is 0 Å². The lowest BCUT2D eigenvalue weighted by atomic mass is 10.1. The van der Waals surface area contributed by atoms with Crippen molar-refractivity contribution >= 4 is 23.1 Å². The molecule has 4 nitrogen and oxygen atoms in total. The molecule has 0 spiro atoms. The number of nitrogens with zero attached hydrogens (tertiary/aromatic N) is 2. The molecular formula is C15H18N2O2. The topological polar surface area (TPSA) is 40.6 Å². The van der Waals surface area contributed by atoms with E-state index in [0.29, 0.717) is 11.6 Å². The van der Waals surface area contributed by atoms with E-state index in [9.17, 15) is 9.59 Å². The van der Waals surface area contributed by atoms with Crippen LogP contribution in [0.4, 0.5) is 11.4 Å². The molecule has 2 aliphatic rings. The fourth-order valence-corrected chi connectivity index (χ4v) is 3.09. The first-order valence-corrected chi connectivity index (χ1v) is 6.79. The van der Waals surface area contributed by atoms with Crippen molar-refractivity contribution < 1.29 is 9.59 Å². The van der Waals surface area contributed by atoms with Crippen LogP contribution in [0.1, 0.15) is 36.0 Å². The van der Waals surface area contributed by atoms with Gasteiger partial charge in [0.15, 0.2) is 0 Å². The normalized spacial score (nSPS) is 19.2. The lowest BCUT2D eigenvalue weighted by Crippen LogP contribution is -2.29. The van der Waals surface area contributed by atoms with Gasteiger partial charge < -0.3 is 9.80 Å². The summed E-state index contributed by atoms with van der Waals surface area (Å²) in [6.45, 7) is 0. The quantitative estimate of drug-likeness (QED) is 0.764. The van der Waals surface area contributed by atoms with Crippen molar-refractivity contribution in [3.8, 4) is 0 Å². The molecule has 0 atom stereocenters. The van der Waals surface area contributed by atoms with E-state index in [1.54, 1.807) is 13.1 Å². The lowest BCUT2D eigenvalue weighted by Gasteiger charge is -2.27. The number of carbonyl (C=O) groups is 2. The molecule has 1 aliphatic carbocycles. The van der Waals surface area contributed by atoms with E-state index in [0.717, 1.165) is 11.4 Å².